The number of hydrogen-bond acceptors (Lipinski definition) is 2. The summed E-state index contributed by atoms with van der Waals surface area (Å²) in [6.07, 6.45) is 23.1. The van der Waals surface area contributed by atoms with Gasteiger partial charge in [0.2, 0.25) is 0 Å². The first-order valence-electron chi connectivity index (χ1n) is 11.1. The van der Waals surface area contributed by atoms with Crippen LogP contribution in [-0.2, 0) is 4.79 Å². The number of carboxylic acids is 1. The monoisotopic (exact) mass is 446 g/mol. The van der Waals surface area contributed by atoms with Crippen molar-refractivity contribution in [3.05, 3.63) is 0 Å². The molecule has 0 aromatic rings. The van der Waals surface area contributed by atoms with Gasteiger partial charge in [0.05, 0.1) is 0 Å². The molecule has 0 radical (unpaired) electrons. The Morgan fingerprint density at radius 3 is 1.19 bits per heavy atom. The molecule has 3 nitrogen and oxygen atoms in total. The predicted molar refractivity (Wildman–Crippen MR) is 115 cm³/mol. The fourth-order valence-corrected chi connectivity index (χ4v) is 3.36. The summed E-state index contributed by atoms with van der Waals surface area (Å²) in [6.45, 7) is 2.28. The average molecular weight is 446 g/mol. The van der Waals surface area contributed by atoms with Gasteiger partial charge in [0.25, 0.3) is 0 Å². The van der Waals surface area contributed by atoms with Gasteiger partial charge in [-0.05, 0) is 6.42 Å². The molecule has 0 amide bonds. The summed E-state index contributed by atoms with van der Waals surface area (Å²) < 4.78 is 0. The van der Waals surface area contributed by atoms with Crippen molar-refractivity contribution < 1.29 is 17.9 Å². The van der Waals surface area contributed by atoms with Crippen molar-refractivity contribution >= 4 is 51.5 Å². The summed E-state index contributed by atoms with van der Waals surface area (Å²) in [5.74, 6) is -1.09. The maximum Gasteiger partial charge on any atom is 2.00 e. The standard InChI is InChI=1S/C22H44O3.Sr.2H/c1-2-3-4-5-6-7-8-9-10-11-12-13-14-15-16-17-18-19-20-21(23)22(24)25;;;/h21,23H,2-20H2,1H3,(H,24,25);;;/q;+2;2*-1. The largest absolute Gasteiger partial charge is 2.00 e. The fourth-order valence-electron chi connectivity index (χ4n) is 3.36. The van der Waals surface area contributed by atoms with Gasteiger partial charge < -0.3 is 13.1 Å². The van der Waals surface area contributed by atoms with Gasteiger partial charge in [-0.15, -0.1) is 0 Å². The second kappa shape index (κ2) is 23.9. The quantitative estimate of drug-likeness (QED) is 0.162. The number of hydrogen-bond donors (Lipinski definition) is 2. The normalized spacial score (nSPS) is 11.9. The van der Waals surface area contributed by atoms with Gasteiger partial charge in [0.15, 0.2) is 6.10 Å². The smallest absolute Gasteiger partial charge is 1.00 e. The van der Waals surface area contributed by atoms with Crippen LogP contribution in [0.15, 0.2) is 0 Å². The fraction of sp³-hybridized carbons (Fsp3) is 0.955. The Balaban J connectivity index is -0.000000960. The minimum absolute atomic E-state index is 0. The van der Waals surface area contributed by atoms with E-state index < -0.39 is 12.1 Å². The van der Waals surface area contributed by atoms with E-state index >= 15 is 0 Å². The van der Waals surface area contributed by atoms with Crippen LogP contribution >= 0.6 is 0 Å². The molecule has 26 heavy (non-hydrogen) atoms. The first-order valence-corrected chi connectivity index (χ1v) is 11.1. The van der Waals surface area contributed by atoms with Gasteiger partial charge >= 0.3 is 51.5 Å². The van der Waals surface area contributed by atoms with E-state index in [9.17, 15) is 4.79 Å². The molecule has 0 aliphatic rings. The molecule has 2 N–H and O–H groups in total. The second-order valence-corrected chi connectivity index (χ2v) is 7.65. The third-order valence-electron chi connectivity index (χ3n) is 5.12. The summed E-state index contributed by atoms with van der Waals surface area (Å²) in [4.78, 5) is 10.5. The van der Waals surface area contributed by atoms with Gasteiger partial charge in [-0.3, -0.25) is 0 Å². The van der Waals surface area contributed by atoms with E-state index in [1.807, 2.05) is 0 Å². The first-order chi connectivity index (χ1) is 12.2. The molecule has 0 bridgehead atoms. The molecule has 4 heteroatoms. The first kappa shape index (κ1) is 29.1. The van der Waals surface area contributed by atoms with Crippen LogP contribution in [0.25, 0.3) is 0 Å². The van der Waals surface area contributed by atoms with Crippen LogP contribution in [0.2, 0.25) is 0 Å². The number of aliphatic hydroxyl groups is 1. The Kier molecular flexibility index (Phi) is 26.8. The second-order valence-electron chi connectivity index (χ2n) is 7.65. The SMILES string of the molecule is CCCCCCCCCCCCCCCCCCCCC(O)C(=O)O.[H-].[H-].[Sr+2]. The molecule has 0 fully saturated rings. The van der Waals surface area contributed by atoms with Crippen LogP contribution < -0.4 is 0 Å². The summed E-state index contributed by atoms with van der Waals surface area (Å²) in [5.41, 5.74) is 0. The molecule has 0 rings (SSSR count). The predicted octanol–water partition coefficient (Wildman–Crippen LogP) is 6.71. The molecule has 0 heterocycles. The Morgan fingerprint density at radius 2 is 0.923 bits per heavy atom. The van der Waals surface area contributed by atoms with Crippen molar-refractivity contribution in [3.63, 3.8) is 0 Å². The van der Waals surface area contributed by atoms with Crippen molar-refractivity contribution in [3.8, 4) is 0 Å². The molecule has 0 saturated heterocycles. The third-order valence-corrected chi connectivity index (χ3v) is 5.12. The number of rotatable bonds is 20. The molecule has 0 aromatic heterocycles. The number of carbonyl (C=O) groups is 1. The zero-order chi connectivity index (χ0) is 18.6. The van der Waals surface area contributed by atoms with E-state index in [-0.39, 0.29) is 48.3 Å². The topological polar surface area (TPSA) is 57.5 Å². The number of unbranched alkanes of at least 4 members (excludes halogenated alkanes) is 17. The zero-order valence-corrected chi connectivity index (χ0v) is 21.0. The maximum atomic E-state index is 10.5. The van der Waals surface area contributed by atoms with E-state index in [2.05, 4.69) is 6.92 Å². The van der Waals surface area contributed by atoms with E-state index in [1.54, 1.807) is 0 Å². The van der Waals surface area contributed by atoms with Crippen LogP contribution in [-0.4, -0.2) is 67.8 Å². The van der Waals surface area contributed by atoms with E-state index in [4.69, 9.17) is 10.2 Å². The molecule has 0 aliphatic heterocycles. The van der Waals surface area contributed by atoms with Crippen LogP contribution in [0.3, 0.4) is 0 Å². The number of aliphatic hydroxyl groups excluding tert-OH is 1. The molecule has 154 valence electrons. The molecule has 0 aliphatic carbocycles. The van der Waals surface area contributed by atoms with Crippen LogP contribution in [0.5, 0.6) is 0 Å². The van der Waals surface area contributed by atoms with Crippen molar-refractivity contribution in [1.82, 2.24) is 0 Å². The molecular weight excluding hydrogens is 400 g/mol. The van der Waals surface area contributed by atoms with Crippen molar-refractivity contribution in [1.29, 1.82) is 0 Å². The van der Waals surface area contributed by atoms with E-state index in [1.165, 1.54) is 103 Å². The van der Waals surface area contributed by atoms with Gasteiger partial charge in [0.1, 0.15) is 0 Å². The molecule has 0 aromatic carbocycles. The van der Waals surface area contributed by atoms with Gasteiger partial charge in [-0.25, -0.2) is 4.79 Å². The molecule has 0 saturated carbocycles. The average Bonchev–Trinajstić information content (AvgIpc) is 2.60. The van der Waals surface area contributed by atoms with Crippen molar-refractivity contribution in [2.75, 3.05) is 0 Å². The van der Waals surface area contributed by atoms with Gasteiger partial charge in [-0.2, -0.15) is 0 Å². The minimum atomic E-state index is -1.17. The van der Waals surface area contributed by atoms with Gasteiger partial charge in [0, 0.05) is 0 Å². The summed E-state index contributed by atoms with van der Waals surface area (Å²) in [6, 6.07) is 0. The molecule has 1 unspecified atom stereocenters. The third kappa shape index (κ3) is 23.0. The Bertz CT molecular complexity index is 295. The van der Waals surface area contributed by atoms with E-state index in [0.29, 0.717) is 6.42 Å². The van der Waals surface area contributed by atoms with E-state index in [0.717, 1.165) is 12.8 Å². The van der Waals surface area contributed by atoms with Crippen LogP contribution in [0.4, 0.5) is 0 Å². The summed E-state index contributed by atoms with van der Waals surface area (Å²) in [5, 5.41) is 17.7. The Hall–Kier alpha value is 0.911. The van der Waals surface area contributed by atoms with Crippen LogP contribution in [0, 0.1) is 0 Å². The van der Waals surface area contributed by atoms with Gasteiger partial charge in [-0.1, -0.05) is 122 Å². The molecule has 1 atom stereocenters. The Labute approximate surface area is 203 Å². The van der Waals surface area contributed by atoms with Crippen molar-refractivity contribution in [2.45, 2.75) is 135 Å². The van der Waals surface area contributed by atoms with Crippen LogP contribution in [0.1, 0.15) is 132 Å². The summed E-state index contributed by atoms with van der Waals surface area (Å²) >= 11 is 0. The Morgan fingerprint density at radius 1 is 0.654 bits per heavy atom. The minimum Gasteiger partial charge on any atom is -1.00 e. The summed E-state index contributed by atoms with van der Waals surface area (Å²) in [7, 11) is 0. The maximum absolute atomic E-state index is 10.5. The van der Waals surface area contributed by atoms with Crippen molar-refractivity contribution in [2.24, 2.45) is 0 Å². The molecular formula is C22H46O3Sr. The zero-order valence-electron chi connectivity index (χ0n) is 19.5. The number of carboxylic acid groups (broad SMARTS) is 1. The number of aliphatic carboxylic acids is 1. The molecule has 0 spiro atoms.